The average Bonchev–Trinajstić information content (AvgIpc) is 3.59. The highest BCUT2D eigenvalue weighted by Crippen LogP contribution is 2.34. The van der Waals surface area contributed by atoms with Gasteiger partial charge in [-0.1, -0.05) is 64.5 Å². The van der Waals surface area contributed by atoms with E-state index >= 15 is 0 Å². The van der Waals surface area contributed by atoms with E-state index in [0.29, 0.717) is 28.3 Å². The minimum Gasteiger partial charge on any atom is -0.454 e. The number of aromatic amines is 1. The maximum absolute atomic E-state index is 13.2. The van der Waals surface area contributed by atoms with Crippen LogP contribution in [0.5, 0.6) is 17.2 Å². The van der Waals surface area contributed by atoms with Gasteiger partial charge in [-0.2, -0.15) is 5.10 Å². The maximum atomic E-state index is 13.2. The number of rotatable bonds is 6. The van der Waals surface area contributed by atoms with Crippen LogP contribution in [0.25, 0.3) is 22.0 Å². The van der Waals surface area contributed by atoms with Gasteiger partial charge in [-0.3, -0.25) is 4.79 Å². The lowest BCUT2D eigenvalue weighted by atomic mass is 10.0. The highest BCUT2D eigenvalue weighted by atomic mass is 79.9. The monoisotopic (exact) mass is 581 g/mol. The van der Waals surface area contributed by atoms with Crippen molar-refractivity contribution in [3.63, 3.8) is 0 Å². The first-order valence-electron chi connectivity index (χ1n) is 12.0. The van der Waals surface area contributed by atoms with Gasteiger partial charge in [0, 0.05) is 26.5 Å². The molecule has 9 heteroatoms. The number of para-hydroxylation sites is 1. The maximum Gasteiger partial charge on any atom is 0.343 e. The van der Waals surface area contributed by atoms with Crippen LogP contribution in [-0.2, 0) is 0 Å². The van der Waals surface area contributed by atoms with Gasteiger partial charge in [0.1, 0.15) is 11.4 Å². The van der Waals surface area contributed by atoms with E-state index in [1.54, 1.807) is 36.4 Å². The molecule has 4 aromatic carbocycles. The average molecular weight is 582 g/mol. The van der Waals surface area contributed by atoms with Gasteiger partial charge < -0.3 is 19.2 Å². The molecular formula is C30H20BrN3O5. The second kappa shape index (κ2) is 10.5. The number of nitrogens with zero attached hydrogens (tertiary/aromatic N) is 1. The summed E-state index contributed by atoms with van der Waals surface area (Å²) >= 11 is 3.43. The Hall–Kier alpha value is -4.89. The number of nitrogens with one attached hydrogen (secondary N) is 2. The van der Waals surface area contributed by atoms with Crippen molar-refractivity contribution in [2.24, 2.45) is 5.10 Å². The first-order valence-corrected chi connectivity index (χ1v) is 12.8. The normalized spacial score (nSPS) is 12.1. The third-order valence-corrected chi connectivity index (χ3v) is 6.64. The van der Waals surface area contributed by atoms with E-state index in [1.807, 2.05) is 54.6 Å². The Labute approximate surface area is 231 Å². The van der Waals surface area contributed by atoms with Crippen molar-refractivity contribution in [1.29, 1.82) is 0 Å². The number of H-pyrrole nitrogens is 1. The summed E-state index contributed by atoms with van der Waals surface area (Å²) < 4.78 is 17.0. The first-order chi connectivity index (χ1) is 19.1. The molecule has 1 aliphatic heterocycles. The quantitative estimate of drug-likeness (QED) is 0.106. The van der Waals surface area contributed by atoms with E-state index in [2.05, 4.69) is 31.4 Å². The zero-order valence-corrected chi connectivity index (χ0v) is 21.9. The molecule has 1 aliphatic rings. The smallest absolute Gasteiger partial charge is 0.343 e. The molecule has 1 aromatic heterocycles. The van der Waals surface area contributed by atoms with E-state index in [9.17, 15) is 9.59 Å². The molecule has 0 spiro atoms. The van der Waals surface area contributed by atoms with Crippen molar-refractivity contribution in [3.8, 4) is 28.4 Å². The molecule has 0 aliphatic carbocycles. The number of carbonyl (C=O) groups is 2. The molecular weight excluding hydrogens is 562 g/mol. The standard InChI is InChI=1S/C30H20BrN3O5/c31-21-11-13-24(39-30(36)19-10-12-25-26(15-19)38-17-37-25)20(14-21)16-32-34-29(35)28-27(18-6-2-1-3-7-18)22-8-4-5-9-23(22)33-28/h1-16,33H,17H2,(H,34,35). The number of ether oxygens (including phenoxy) is 3. The number of hydrogen-bond acceptors (Lipinski definition) is 6. The van der Waals surface area contributed by atoms with Gasteiger partial charge in [-0.15, -0.1) is 0 Å². The fraction of sp³-hybridized carbons (Fsp3) is 0.0333. The number of amides is 1. The minimum atomic E-state index is -0.570. The van der Waals surface area contributed by atoms with E-state index in [1.165, 1.54) is 6.21 Å². The third-order valence-electron chi connectivity index (χ3n) is 6.15. The summed E-state index contributed by atoms with van der Waals surface area (Å²) in [6, 6.07) is 27.4. The summed E-state index contributed by atoms with van der Waals surface area (Å²) in [4.78, 5) is 29.3. The third kappa shape index (κ3) is 4.99. The van der Waals surface area contributed by atoms with Crippen LogP contribution in [0.4, 0.5) is 0 Å². The van der Waals surface area contributed by atoms with Crippen LogP contribution in [-0.4, -0.2) is 29.9 Å². The summed E-state index contributed by atoms with van der Waals surface area (Å²) in [5, 5.41) is 5.09. The SMILES string of the molecule is O=C(Oc1ccc(Br)cc1C=NNC(=O)c1[nH]c2ccccc2c1-c1ccccc1)c1ccc2c(c1)OCO2. The predicted molar refractivity (Wildman–Crippen MR) is 150 cm³/mol. The van der Waals surface area contributed by atoms with Crippen molar-refractivity contribution in [1.82, 2.24) is 10.4 Å². The van der Waals surface area contributed by atoms with Gasteiger partial charge in [0.2, 0.25) is 6.79 Å². The second-order valence-corrected chi connectivity index (χ2v) is 9.54. The van der Waals surface area contributed by atoms with Crippen molar-refractivity contribution in [2.45, 2.75) is 0 Å². The molecule has 8 nitrogen and oxygen atoms in total. The highest BCUT2D eigenvalue weighted by Gasteiger charge is 2.20. The van der Waals surface area contributed by atoms with E-state index in [4.69, 9.17) is 14.2 Å². The predicted octanol–water partition coefficient (Wildman–Crippen LogP) is 6.31. The number of fused-ring (bicyclic) bond motifs is 2. The number of halogens is 1. The Morgan fingerprint density at radius 1 is 0.923 bits per heavy atom. The molecule has 0 radical (unpaired) electrons. The van der Waals surface area contributed by atoms with Gasteiger partial charge in [-0.25, -0.2) is 10.2 Å². The minimum absolute atomic E-state index is 0.109. The molecule has 6 rings (SSSR count). The topological polar surface area (TPSA) is 102 Å². The van der Waals surface area contributed by atoms with Crippen molar-refractivity contribution >= 4 is 44.9 Å². The molecule has 2 heterocycles. The van der Waals surface area contributed by atoms with Crippen LogP contribution in [0.1, 0.15) is 26.4 Å². The van der Waals surface area contributed by atoms with Crippen molar-refractivity contribution < 1.29 is 23.8 Å². The molecule has 0 bridgehead atoms. The van der Waals surface area contributed by atoms with Crippen LogP contribution in [0.3, 0.4) is 0 Å². The van der Waals surface area contributed by atoms with Crippen molar-refractivity contribution in [2.75, 3.05) is 6.79 Å². The molecule has 1 amide bonds. The summed E-state index contributed by atoms with van der Waals surface area (Å²) in [6.07, 6.45) is 1.43. The Morgan fingerprint density at radius 3 is 2.59 bits per heavy atom. The van der Waals surface area contributed by atoms with E-state index in [0.717, 1.165) is 26.5 Å². The van der Waals surface area contributed by atoms with Gasteiger partial charge in [0.15, 0.2) is 11.5 Å². The molecule has 0 atom stereocenters. The largest absolute Gasteiger partial charge is 0.454 e. The Bertz CT molecular complexity index is 1750. The van der Waals surface area contributed by atoms with Gasteiger partial charge in [0.05, 0.1) is 11.8 Å². The fourth-order valence-corrected chi connectivity index (χ4v) is 4.71. The lowest BCUT2D eigenvalue weighted by molar-refractivity contribution is 0.0733. The summed E-state index contributed by atoms with van der Waals surface area (Å²) in [5.74, 6) is 0.352. The number of aromatic nitrogens is 1. The van der Waals surface area contributed by atoms with Crippen LogP contribution < -0.4 is 19.6 Å². The van der Waals surface area contributed by atoms with Crippen LogP contribution in [0, 0.1) is 0 Å². The number of hydrogen-bond donors (Lipinski definition) is 2. The van der Waals surface area contributed by atoms with Gasteiger partial charge in [-0.05, 0) is 48.0 Å². The molecule has 2 N–H and O–H groups in total. The Morgan fingerprint density at radius 2 is 1.72 bits per heavy atom. The lowest BCUT2D eigenvalue weighted by Crippen LogP contribution is -2.19. The molecule has 0 fully saturated rings. The molecule has 39 heavy (non-hydrogen) atoms. The highest BCUT2D eigenvalue weighted by molar-refractivity contribution is 9.10. The lowest BCUT2D eigenvalue weighted by Gasteiger charge is -2.09. The molecule has 192 valence electrons. The Kier molecular flexibility index (Phi) is 6.56. The molecule has 0 saturated heterocycles. The van der Waals surface area contributed by atoms with Crippen LogP contribution in [0.15, 0.2) is 101 Å². The van der Waals surface area contributed by atoms with Crippen LogP contribution >= 0.6 is 15.9 Å². The summed E-state index contributed by atoms with van der Waals surface area (Å²) in [6.45, 7) is 0.109. The number of hydrazone groups is 1. The molecule has 0 unspecified atom stereocenters. The van der Waals surface area contributed by atoms with Crippen LogP contribution in [0.2, 0.25) is 0 Å². The number of carbonyl (C=O) groups excluding carboxylic acids is 2. The summed E-state index contributed by atoms with van der Waals surface area (Å²) in [5.41, 5.74) is 6.32. The molecule has 5 aromatic rings. The fourth-order valence-electron chi connectivity index (χ4n) is 4.33. The second-order valence-electron chi connectivity index (χ2n) is 8.63. The Balaban J connectivity index is 1.24. The zero-order valence-electron chi connectivity index (χ0n) is 20.3. The molecule has 0 saturated carbocycles. The van der Waals surface area contributed by atoms with Gasteiger partial charge >= 0.3 is 5.97 Å². The zero-order chi connectivity index (χ0) is 26.8. The number of benzene rings is 4. The first kappa shape index (κ1) is 24.4. The van der Waals surface area contributed by atoms with E-state index < -0.39 is 11.9 Å². The number of esters is 1. The van der Waals surface area contributed by atoms with Gasteiger partial charge in [0.25, 0.3) is 5.91 Å². The summed E-state index contributed by atoms with van der Waals surface area (Å²) in [7, 11) is 0. The van der Waals surface area contributed by atoms with Crippen molar-refractivity contribution in [3.05, 3.63) is 112 Å². The van der Waals surface area contributed by atoms with E-state index in [-0.39, 0.29) is 12.5 Å².